The van der Waals surface area contributed by atoms with E-state index in [1.165, 1.54) is 24.3 Å². The number of halogens is 1. The lowest BCUT2D eigenvalue weighted by Crippen LogP contribution is -1.66. The molecule has 1 aromatic carbocycles. The van der Waals surface area contributed by atoms with Crippen molar-refractivity contribution in [3.05, 3.63) is 35.1 Å². The van der Waals surface area contributed by atoms with Crippen LogP contribution in [0.15, 0.2) is 24.3 Å². The Morgan fingerprint density at radius 2 is 1.78 bits per heavy atom. The van der Waals surface area contributed by atoms with Crippen molar-refractivity contribution in [3.8, 4) is 0 Å². The first-order valence-corrected chi connectivity index (χ1v) is 2.43. The summed E-state index contributed by atoms with van der Waals surface area (Å²) in [6.07, 6.45) is 0. The monoisotopic (exact) mass is 123 g/mol. The Bertz CT molecular complexity index is 234. The molecule has 0 aliphatic rings. The van der Waals surface area contributed by atoms with Crippen molar-refractivity contribution in [2.24, 2.45) is 0 Å². The molecule has 0 unspecified atom stereocenters. The van der Waals surface area contributed by atoms with Crippen LogP contribution in [0.25, 0.3) is 4.98 Å². The molecule has 0 amide bonds. The van der Waals surface area contributed by atoms with Gasteiger partial charge in [0.15, 0.2) is 4.98 Å². The van der Waals surface area contributed by atoms with Gasteiger partial charge in [-0.3, -0.25) is 0 Å². The topological polar surface area (TPSA) is 28.1 Å². The summed E-state index contributed by atoms with van der Waals surface area (Å²) in [7, 11) is 0. The van der Waals surface area contributed by atoms with Crippen LogP contribution in [0.1, 0.15) is 0 Å². The van der Waals surface area contributed by atoms with Crippen LogP contribution in [0.5, 0.6) is 0 Å². The normalized spacial score (nSPS) is 8.44. The van der Waals surface area contributed by atoms with Gasteiger partial charge in [-0.05, 0) is 12.1 Å². The highest BCUT2D eigenvalue weighted by atomic mass is 19.1. The van der Waals surface area contributed by atoms with Crippen LogP contribution in [-0.4, -0.2) is 0 Å². The molecular weight excluding hydrogens is 119 g/mol. The van der Waals surface area contributed by atoms with E-state index in [2.05, 4.69) is 4.98 Å². The van der Waals surface area contributed by atoms with E-state index in [-0.39, 0.29) is 5.82 Å². The van der Waals surface area contributed by atoms with E-state index in [9.17, 15) is 4.39 Å². The van der Waals surface area contributed by atoms with Crippen LogP contribution in [0.3, 0.4) is 0 Å². The predicted octanol–water partition coefficient (Wildman–Crippen LogP) is 2.31. The lowest BCUT2D eigenvalue weighted by atomic mass is 10.3. The van der Waals surface area contributed by atoms with E-state index in [0.29, 0.717) is 5.69 Å². The maximum absolute atomic E-state index is 12.1. The van der Waals surface area contributed by atoms with Crippen LogP contribution in [0.2, 0.25) is 0 Å². The van der Waals surface area contributed by atoms with Gasteiger partial charge in [0, 0.05) is 12.1 Å². The van der Waals surface area contributed by atoms with Crippen LogP contribution in [-0.2, 0) is 0 Å². The second kappa shape index (κ2) is 2.23. The summed E-state index contributed by atoms with van der Waals surface area (Å²) in [6, 6.07) is 5.23. The molecule has 0 spiro atoms. The summed E-state index contributed by atoms with van der Waals surface area (Å²) in [5.41, 5.74) is 0.358. The second-order valence-corrected chi connectivity index (χ2v) is 1.58. The number of benzene rings is 1. The van der Waals surface area contributed by atoms with Crippen molar-refractivity contribution < 1.29 is 4.39 Å². The molecule has 0 saturated heterocycles. The highest BCUT2D eigenvalue weighted by Gasteiger charge is 2.00. The summed E-state index contributed by atoms with van der Waals surface area (Å²) in [4.78, 5) is 2.84. The van der Waals surface area contributed by atoms with Crippen molar-refractivity contribution in [3.63, 3.8) is 0 Å². The Hall–Kier alpha value is -1.43. The molecule has 0 bridgehead atoms. The molecule has 0 N–H and O–H groups in total. The van der Waals surface area contributed by atoms with Crippen LogP contribution >= 0.6 is 0 Å². The third-order valence-corrected chi connectivity index (χ3v) is 0.942. The molecule has 0 aliphatic carbocycles. The lowest BCUT2D eigenvalue weighted by Gasteiger charge is -1.77. The smallest absolute Gasteiger partial charge is 0.207 e. The number of hydrogen-bond donors (Lipinski definition) is 0. The first-order chi connectivity index (χ1) is 4.33. The minimum absolute atomic E-state index is 0.331. The summed E-state index contributed by atoms with van der Waals surface area (Å²) >= 11 is 0. The minimum atomic E-state index is -0.331. The van der Waals surface area contributed by atoms with Gasteiger partial charge in [-0.25, -0.2) is 4.39 Å². The number of hydrogen-bond acceptors (Lipinski definition) is 1. The molecule has 9 heavy (non-hydrogen) atoms. The van der Waals surface area contributed by atoms with E-state index in [0.717, 1.165) is 0 Å². The molecule has 0 heterocycles. The Kier molecular flexibility index (Phi) is 1.41. The zero-order valence-corrected chi connectivity index (χ0v) is 4.58. The first-order valence-electron chi connectivity index (χ1n) is 2.43. The molecule has 0 aliphatic heterocycles. The summed E-state index contributed by atoms with van der Waals surface area (Å²) in [5.74, 6) is -0.331. The Labute approximate surface area is 51.6 Å². The third kappa shape index (κ3) is 1.23. The van der Waals surface area contributed by atoms with Crippen molar-refractivity contribution in [1.82, 2.24) is 0 Å². The molecule has 44 valence electrons. The Morgan fingerprint density at radius 3 is 2.22 bits per heavy atom. The fourth-order valence-corrected chi connectivity index (χ4v) is 0.508. The quantitative estimate of drug-likeness (QED) is 0.486. The zero-order valence-electron chi connectivity index (χ0n) is 4.58. The molecule has 0 radical (unpaired) electrons. The molecule has 1 rings (SSSR count). The minimum Gasteiger partial charge on any atom is -0.207 e. The van der Waals surface area contributed by atoms with Crippen molar-refractivity contribution in [2.45, 2.75) is 0 Å². The fourth-order valence-electron chi connectivity index (χ4n) is 0.508. The highest BCUT2D eigenvalue weighted by Crippen LogP contribution is 2.10. The van der Waals surface area contributed by atoms with Gasteiger partial charge in [-0.1, -0.05) is 0 Å². The van der Waals surface area contributed by atoms with E-state index < -0.39 is 0 Å². The van der Waals surface area contributed by atoms with Gasteiger partial charge in [0.1, 0.15) is 5.82 Å². The zero-order chi connectivity index (χ0) is 6.69. The van der Waals surface area contributed by atoms with Gasteiger partial charge >= 0.3 is 5.69 Å². The number of diazo groups is 1. The maximum atomic E-state index is 12.1. The van der Waals surface area contributed by atoms with Gasteiger partial charge in [0.05, 0.1) is 0 Å². The molecule has 1 aromatic rings. The molecule has 3 heteroatoms. The number of nitrogens with zero attached hydrogens (tertiary/aromatic N) is 2. The van der Waals surface area contributed by atoms with Gasteiger partial charge in [0.25, 0.3) is 0 Å². The average Bonchev–Trinajstić information content (AvgIpc) is 1.90. The SMILES string of the molecule is N#[N+]c1ccc(F)cc1. The average molecular weight is 123 g/mol. The Morgan fingerprint density at radius 1 is 1.22 bits per heavy atom. The Balaban J connectivity index is 3.06. The summed E-state index contributed by atoms with van der Waals surface area (Å²) in [5, 5.41) is 8.13. The second-order valence-electron chi connectivity index (χ2n) is 1.58. The molecular formula is C6H4FN2+. The van der Waals surface area contributed by atoms with Crippen LogP contribution < -0.4 is 0 Å². The van der Waals surface area contributed by atoms with Gasteiger partial charge in [-0.15, -0.1) is 0 Å². The molecule has 0 aromatic heterocycles. The van der Waals surface area contributed by atoms with Gasteiger partial charge in [-0.2, -0.15) is 0 Å². The van der Waals surface area contributed by atoms with Crippen molar-refractivity contribution >= 4 is 5.69 Å². The summed E-state index contributed by atoms with van der Waals surface area (Å²) < 4.78 is 12.1. The highest BCUT2D eigenvalue weighted by molar-refractivity contribution is 5.42. The standard InChI is InChI=1S/C6H4FN2/c7-5-1-3-6(9-8)4-2-5/h1-4H/q+1. The third-order valence-electron chi connectivity index (χ3n) is 0.942. The summed E-state index contributed by atoms with van der Waals surface area (Å²) in [6.45, 7) is 0. The maximum Gasteiger partial charge on any atom is 0.385 e. The van der Waals surface area contributed by atoms with E-state index in [1.54, 1.807) is 0 Å². The van der Waals surface area contributed by atoms with E-state index in [1.807, 2.05) is 0 Å². The van der Waals surface area contributed by atoms with Gasteiger partial charge < -0.3 is 0 Å². The predicted molar refractivity (Wildman–Crippen MR) is 31.1 cm³/mol. The first kappa shape index (κ1) is 5.70. The molecule has 2 nitrogen and oxygen atoms in total. The van der Waals surface area contributed by atoms with Crippen LogP contribution in [0.4, 0.5) is 10.1 Å². The largest absolute Gasteiger partial charge is 0.385 e. The lowest BCUT2D eigenvalue weighted by molar-refractivity contribution is 0.628. The number of rotatable bonds is 0. The van der Waals surface area contributed by atoms with Crippen LogP contribution in [0, 0.1) is 11.2 Å². The molecule has 0 saturated carbocycles. The van der Waals surface area contributed by atoms with E-state index >= 15 is 0 Å². The molecule has 0 fully saturated rings. The molecule has 0 atom stereocenters. The van der Waals surface area contributed by atoms with Crippen molar-refractivity contribution in [1.29, 1.82) is 5.39 Å². The van der Waals surface area contributed by atoms with E-state index in [4.69, 9.17) is 5.39 Å². The van der Waals surface area contributed by atoms with Gasteiger partial charge in [0.2, 0.25) is 5.39 Å². The van der Waals surface area contributed by atoms with Crippen molar-refractivity contribution in [2.75, 3.05) is 0 Å². The fraction of sp³-hybridized carbons (Fsp3) is 0.